The second kappa shape index (κ2) is 6.58. The lowest BCUT2D eigenvalue weighted by Gasteiger charge is -2.19. The Bertz CT molecular complexity index is 492. The zero-order valence-corrected chi connectivity index (χ0v) is 10.8. The number of carbonyl (C=O) groups is 1. The van der Waals surface area contributed by atoms with Gasteiger partial charge in [0.25, 0.3) is 5.91 Å². The van der Waals surface area contributed by atoms with Crippen molar-refractivity contribution in [3.05, 3.63) is 10.6 Å². The first-order valence-electron chi connectivity index (χ1n) is 5.36. The lowest BCUT2D eigenvalue weighted by molar-refractivity contribution is 0.0766. The van der Waals surface area contributed by atoms with E-state index < -0.39 is 0 Å². The number of nitrogens with zero attached hydrogens (tertiary/aromatic N) is 4. The number of nitrogen functional groups attached to an aromatic ring is 1. The Morgan fingerprint density at radius 1 is 1.39 bits per heavy atom. The number of nitriles is 2. The molecule has 0 atom stereocenters. The molecule has 0 unspecified atom stereocenters. The molecule has 94 valence electrons. The van der Waals surface area contributed by atoms with E-state index >= 15 is 0 Å². The van der Waals surface area contributed by atoms with Gasteiger partial charge in [0.1, 0.15) is 4.88 Å². The Balaban J connectivity index is 2.85. The number of amides is 1. The molecule has 1 heterocycles. The zero-order valence-electron chi connectivity index (χ0n) is 10.0. The second-order valence-electron chi connectivity index (χ2n) is 3.58. The number of aryl methyl sites for hydroxylation is 1. The second-order valence-corrected chi connectivity index (χ2v) is 4.61. The summed E-state index contributed by atoms with van der Waals surface area (Å²) >= 11 is 1.13. The summed E-state index contributed by atoms with van der Waals surface area (Å²) in [6, 6.07) is 3.97. The summed E-state index contributed by atoms with van der Waals surface area (Å²) in [4.78, 5) is 18.2. The maximum absolute atomic E-state index is 12.2. The smallest absolute Gasteiger partial charge is 0.265 e. The molecule has 0 spiro atoms. The molecule has 7 heteroatoms. The van der Waals surface area contributed by atoms with E-state index in [1.807, 2.05) is 12.1 Å². The number of thiazole rings is 1. The standard InChI is InChI=1S/C11H13N5OS/c1-8-9(18-11(14)15-8)10(17)16(6-2-4-12)7-3-5-13/h2-3,6-7H2,1H3,(H2,14,15). The van der Waals surface area contributed by atoms with Crippen LogP contribution in [0.2, 0.25) is 0 Å². The molecule has 0 radical (unpaired) electrons. The summed E-state index contributed by atoms with van der Waals surface area (Å²) in [5.41, 5.74) is 6.13. The van der Waals surface area contributed by atoms with E-state index in [4.69, 9.17) is 16.3 Å². The van der Waals surface area contributed by atoms with Crippen molar-refractivity contribution in [2.45, 2.75) is 19.8 Å². The number of anilines is 1. The normalized spacial score (nSPS) is 9.50. The van der Waals surface area contributed by atoms with E-state index in [9.17, 15) is 4.79 Å². The van der Waals surface area contributed by atoms with Gasteiger partial charge < -0.3 is 10.6 Å². The summed E-state index contributed by atoms with van der Waals surface area (Å²) in [6.07, 6.45) is 0.481. The van der Waals surface area contributed by atoms with Crippen LogP contribution in [0.4, 0.5) is 5.13 Å². The minimum atomic E-state index is -0.216. The molecule has 18 heavy (non-hydrogen) atoms. The third kappa shape index (κ3) is 3.44. The zero-order chi connectivity index (χ0) is 13.5. The Morgan fingerprint density at radius 3 is 2.33 bits per heavy atom. The number of hydrogen-bond donors (Lipinski definition) is 1. The van der Waals surface area contributed by atoms with Crippen LogP contribution >= 0.6 is 11.3 Å². The molecule has 0 fully saturated rings. The van der Waals surface area contributed by atoms with Crippen molar-refractivity contribution in [1.82, 2.24) is 9.88 Å². The molecule has 1 rings (SSSR count). The fourth-order valence-electron chi connectivity index (χ4n) is 1.44. The predicted octanol–water partition coefficient (Wildman–Crippen LogP) is 1.30. The third-order valence-corrected chi connectivity index (χ3v) is 3.26. The molecule has 1 amide bonds. The molecule has 0 aromatic carbocycles. The van der Waals surface area contributed by atoms with Crippen LogP contribution in [0, 0.1) is 29.6 Å². The van der Waals surface area contributed by atoms with Gasteiger partial charge in [-0.05, 0) is 6.92 Å². The molecule has 0 bridgehead atoms. The van der Waals surface area contributed by atoms with Gasteiger partial charge in [-0.15, -0.1) is 0 Å². The molecule has 0 saturated carbocycles. The molecule has 2 N–H and O–H groups in total. The van der Waals surface area contributed by atoms with E-state index in [-0.39, 0.29) is 18.7 Å². The molecule has 1 aromatic rings. The van der Waals surface area contributed by atoms with Gasteiger partial charge in [0.05, 0.1) is 30.7 Å². The summed E-state index contributed by atoms with van der Waals surface area (Å²) in [5, 5.41) is 17.5. The maximum atomic E-state index is 12.2. The highest BCUT2D eigenvalue weighted by Gasteiger charge is 2.20. The Labute approximate surface area is 109 Å². The molecular formula is C11H13N5OS. The molecular weight excluding hydrogens is 250 g/mol. The third-order valence-electron chi connectivity index (χ3n) is 2.28. The predicted molar refractivity (Wildman–Crippen MR) is 67.6 cm³/mol. The van der Waals surface area contributed by atoms with Gasteiger partial charge in [0.15, 0.2) is 5.13 Å². The van der Waals surface area contributed by atoms with E-state index in [0.29, 0.717) is 28.8 Å². The lowest BCUT2D eigenvalue weighted by atomic mass is 10.3. The highest BCUT2D eigenvalue weighted by molar-refractivity contribution is 7.17. The van der Waals surface area contributed by atoms with Crippen molar-refractivity contribution in [3.8, 4) is 12.1 Å². The van der Waals surface area contributed by atoms with Crippen molar-refractivity contribution in [3.63, 3.8) is 0 Å². The highest BCUT2D eigenvalue weighted by atomic mass is 32.1. The monoisotopic (exact) mass is 263 g/mol. The van der Waals surface area contributed by atoms with Crippen LogP contribution in [0.15, 0.2) is 0 Å². The van der Waals surface area contributed by atoms with Crippen LogP contribution in [0.5, 0.6) is 0 Å². The van der Waals surface area contributed by atoms with Crippen molar-refractivity contribution in [1.29, 1.82) is 10.5 Å². The maximum Gasteiger partial charge on any atom is 0.265 e. The molecule has 0 aliphatic heterocycles. The largest absolute Gasteiger partial charge is 0.375 e. The first-order chi connectivity index (χ1) is 8.60. The summed E-state index contributed by atoms with van der Waals surface area (Å²) in [6.45, 7) is 2.34. The Hall–Kier alpha value is -2.12. The summed E-state index contributed by atoms with van der Waals surface area (Å²) < 4.78 is 0. The summed E-state index contributed by atoms with van der Waals surface area (Å²) in [5.74, 6) is -0.216. The SMILES string of the molecule is Cc1nc(N)sc1C(=O)N(CCC#N)CCC#N. The molecule has 6 nitrogen and oxygen atoms in total. The number of aromatic nitrogens is 1. The van der Waals surface area contributed by atoms with Crippen LogP contribution < -0.4 is 5.73 Å². The van der Waals surface area contributed by atoms with E-state index in [1.165, 1.54) is 4.90 Å². The van der Waals surface area contributed by atoms with Crippen LogP contribution in [-0.4, -0.2) is 28.9 Å². The van der Waals surface area contributed by atoms with Crippen molar-refractivity contribution in [2.24, 2.45) is 0 Å². The van der Waals surface area contributed by atoms with Gasteiger partial charge in [-0.25, -0.2) is 4.98 Å². The lowest BCUT2D eigenvalue weighted by Crippen LogP contribution is -2.32. The van der Waals surface area contributed by atoms with Crippen molar-refractivity contribution >= 4 is 22.4 Å². The van der Waals surface area contributed by atoms with Gasteiger partial charge >= 0.3 is 0 Å². The molecule has 0 aliphatic carbocycles. The minimum Gasteiger partial charge on any atom is -0.375 e. The van der Waals surface area contributed by atoms with Gasteiger partial charge in [-0.1, -0.05) is 11.3 Å². The van der Waals surface area contributed by atoms with Crippen LogP contribution in [0.25, 0.3) is 0 Å². The van der Waals surface area contributed by atoms with Gasteiger partial charge in [-0.2, -0.15) is 10.5 Å². The van der Waals surface area contributed by atoms with E-state index in [0.717, 1.165) is 11.3 Å². The Kier molecular flexibility index (Phi) is 5.09. The minimum absolute atomic E-state index is 0.216. The van der Waals surface area contributed by atoms with Gasteiger partial charge in [-0.3, -0.25) is 4.79 Å². The summed E-state index contributed by atoms with van der Waals surface area (Å²) in [7, 11) is 0. The quantitative estimate of drug-likeness (QED) is 0.861. The number of carbonyl (C=O) groups excluding carboxylic acids is 1. The fraction of sp³-hybridized carbons (Fsp3) is 0.455. The van der Waals surface area contributed by atoms with E-state index in [1.54, 1.807) is 6.92 Å². The topological polar surface area (TPSA) is 107 Å². The number of nitrogens with two attached hydrogens (primary N) is 1. The van der Waals surface area contributed by atoms with Crippen molar-refractivity contribution < 1.29 is 4.79 Å². The average molecular weight is 263 g/mol. The average Bonchev–Trinajstić information content (AvgIpc) is 2.68. The number of hydrogen-bond acceptors (Lipinski definition) is 6. The first-order valence-corrected chi connectivity index (χ1v) is 6.18. The van der Waals surface area contributed by atoms with E-state index in [2.05, 4.69) is 4.98 Å². The van der Waals surface area contributed by atoms with Crippen LogP contribution in [0.3, 0.4) is 0 Å². The first kappa shape index (κ1) is 13.9. The van der Waals surface area contributed by atoms with Crippen molar-refractivity contribution in [2.75, 3.05) is 18.8 Å². The molecule has 0 aliphatic rings. The number of rotatable bonds is 5. The molecule has 1 aromatic heterocycles. The van der Waals surface area contributed by atoms with Crippen LogP contribution in [-0.2, 0) is 0 Å². The fourth-order valence-corrected chi connectivity index (χ4v) is 2.25. The van der Waals surface area contributed by atoms with Gasteiger partial charge in [0, 0.05) is 13.1 Å². The Morgan fingerprint density at radius 2 is 1.94 bits per heavy atom. The molecule has 0 saturated heterocycles. The van der Waals surface area contributed by atoms with Crippen LogP contribution in [0.1, 0.15) is 28.2 Å². The highest BCUT2D eigenvalue weighted by Crippen LogP contribution is 2.21. The van der Waals surface area contributed by atoms with Gasteiger partial charge in [0.2, 0.25) is 0 Å².